The Hall–Kier alpha value is -2.23. The molecule has 0 spiro atoms. The first-order valence-corrected chi connectivity index (χ1v) is 11.4. The largest absolute Gasteiger partial charge is 0.508 e. The van der Waals surface area contributed by atoms with Gasteiger partial charge >= 0.3 is 0 Å². The molecule has 0 radical (unpaired) electrons. The zero-order chi connectivity index (χ0) is 21.5. The maximum absolute atomic E-state index is 11.1. The number of aromatic hydroxyl groups is 1. The van der Waals surface area contributed by atoms with Crippen molar-refractivity contribution < 1.29 is 9.84 Å². The minimum absolute atomic E-state index is 0.0197. The van der Waals surface area contributed by atoms with Crippen LogP contribution in [0.2, 0.25) is 0 Å². The third-order valence-corrected chi connectivity index (χ3v) is 7.31. The molecule has 162 valence electrons. The van der Waals surface area contributed by atoms with Crippen molar-refractivity contribution in [1.82, 2.24) is 9.55 Å². The third kappa shape index (κ3) is 4.01. The van der Waals surface area contributed by atoms with Crippen LogP contribution in [0.25, 0.3) is 0 Å². The number of phenols is 1. The van der Waals surface area contributed by atoms with Crippen molar-refractivity contribution in [2.75, 3.05) is 0 Å². The molecule has 0 amide bonds. The topological polar surface area (TPSA) is 47.3 Å². The molecule has 2 atom stereocenters. The fourth-order valence-corrected chi connectivity index (χ4v) is 5.38. The van der Waals surface area contributed by atoms with Crippen LogP contribution in [0.4, 0.5) is 0 Å². The number of ether oxygens (including phenoxy) is 1. The van der Waals surface area contributed by atoms with Crippen LogP contribution in [0.1, 0.15) is 83.8 Å². The van der Waals surface area contributed by atoms with Crippen molar-refractivity contribution in [2.24, 2.45) is 5.92 Å². The minimum atomic E-state index is -0.227. The molecule has 0 unspecified atom stereocenters. The van der Waals surface area contributed by atoms with Gasteiger partial charge in [-0.15, -0.1) is 0 Å². The number of rotatable bonds is 6. The lowest BCUT2D eigenvalue weighted by Gasteiger charge is -2.47. The summed E-state index contributed by atoms with van der Waals surface area (Å²) in [4.78, 5) is 4.11. The number of allylic oxidation sites excluding steroid dienone is 2. The fraction of sp³-hybridized carbons (Fsp3) is 0.577. The van der Waals surface area contributed by atoms with Gasteiger partial charge in [-0.1, -0.05) is 31.9 Å². The molecule has 1 aliphatic heterocycles. The number of hydrogen-bond donors (Lipinski definition) is 1. The fourth-order valence-electron chi connectivity index (χ4n) is 5.38. The summed E-state index contributed by atoms with van der Waals surface area (Å²) >= 11 is 0. The van der Waals surface area contributed by atoms with Crippen LogP contribution in [-0.2, 0) is 12.0 Å². The molecule has 0 fully saturated rings. The molecule has 4 nitrogen and oxygen atoms in total. The second kappa shape index (κ2) is 7.79. The first kappa shape index (κ1) is 21.0. The van der Waals surface area contributed by atoms with Crippen LogP contribution < -0.4 is 4.74 Å². The summed E-state index contributed by atoms with van der Waals surface area (Å²) in [6.07, 6.45) is 13.4. The number of nitrogens with zero attached hydrogens (tertiary/aromatic N) is 2. The van der Waals surface area contributed by atoms with Crippen molar-refractivity contribution in [2.45, 2.75) is 90.2 Å². The Labute approximate surface area is 181 Å². The lowest BCUT2D eigenvalue weighted by atomic mass is 9.66. The molecule has 30 heavy (non-hydrogen) atoms. The molecule has 1 aromatic carbocycles. The molecule has 0 bridgehead atoms. The second-order valence-corrected chi connectivity index (χ2v) is 10.5. The van der Waals surface area contributed by atoms with E-state index in [4.69, 9.17) is 4.74 Å². The van der Waals surface area contributed by atoms with E-state index in [1.54, 1.807) is 0 Å². The number of aryl methyl sites for hydroxylation is 1. The van der Waals surface area contributed by atoms with E-state index < -0.39 is 0 Å². The van der Waals surface area contributed by atoms with Crippen LogP contribution in [0, 0.1) is 5.92 Å². The Morgan fingerprint density at radius 2 is 2.07 bits per heavy atom. The monoisotopic (exact) mass is 408 g/mol. The van der Waals surface area contributed by atoms with Gasteiger partial charge in [0.25, 0.3) is 0 Å². The van der Waals surface area contributed by atoms with E-state index in [1.165, 1.54) is 11.1 Å². The average molecular weight is 409 g/mol. The van der Waals surface area contributed by atoms with Crippen molar-refractivity contribution >= 4 is 0 Å². The standard InChI is InChI=1S/C26H36N2O2/c1-18-8-9-21-20(14-18)24-22(29)15-19(16-23(24)30-26(21,4)5)25(2,3)10-6-7-12-28-13-11-27-17-28/h8,11,13,15-17,20-21,29H,6-7,9-10,12,14H2,1-5H3/t20-,21+/m1/s1. The summed E-state index contributed by atoms with van der Waals surface area (Å²) in [6.45, 7) is 12.2. The first-order valence-electron chi connectivity index (χ1n) is 11.4. The van der Waals surface area contributed by atoms with E-state index in [9.17, 15) is 5.11 Å². The van der Waals surface area contributed by atoms with Gasteiger partial charge in [-0.05, 0) is 69.6 Å². The SMILES string of the molecule is CC1=CC[C@H]2[C@@H](C1)c1c(O)cc(C(C)(C)CCCCn3ccnc3)cc1OC2(C)C. The van der Waals surface area contributed by atoms with Crippen molar-refractivity contribution in [3.63, 3.8) is 0 Å². The van der Waals surface area contributed by atoms with Gasteiger partial charge in [-0.3, -0.25) is 0 Å². The molecule has 1 aliphatic carbocycles. The first-order chi connectivity index (χ1) is 14.2. The maximum atomic E-state index is 11.1. The van der Waals surface area contributed by atoms with E-state index in [1.807, 2.05) is 24.8 Å². The van der Waals surface area contributed by atoms with Crippen LogP contribution in [0.3, 0.4) is 0 Å². The van der Waals surface area contributed by atoms with Gasteiger partial charge in [0.1, 0.15) is 17.1 Å². The average Bonchev–Trinajstić information content (AvgIpc) is 3.17. The van der Waals surface area contributed by atoms with Crippen LogP contribution in [0.5, 0.6) is 11.5 Å². The third-order valence-electron chi connectivity index (χ3n) is 7.31. The van der Waals surface area contributed by atoms with Crippen molar-refractivity contribution in [1.29, 1.82) is 0 Å². The van der Waals surface area contributed by atoms with E-state index in [0.717, 1.165) is 50.0 Å². The number of aromatic nitrogens is 2. The molecule has 2 aromatic rings. The highest BCUT2D eigenvalue weighted by molar-refractivity contribution is 5.54. The Morgan fingerprint density at radius 3 is 2.80 bits per heavy atom. The van der Waals surface area contributed by atoms with Crippen molar-refractivity contribution in [3.05, 3.63) is 53.6 Å². The number of imidazole rings is 1. The summed E-state index contributed by atoms with van der Waals surface area (Å²) in [6, 6.07) is 4.21. The quantitative estimate of drug-likeness (QED) is 0.448. The maximum Gasteiger partial charge on any atom is 0.127 e. The van der Waals surface area contributed by atoms with Gasteiger partial charge in [0, 0.05) is 36.3 Å². The number of hydrogen-bond acceptors (Lipinski definition) is 3. The number of benzene rings is 1. The Balaban J connectivity index is 1.54. The Kier molecular flexibility index (Phi) is 5.46. The van der Waals surface area contributed by atoms with Gasteiger partial charge in [-0.2, -0.15) is 0 Å². The zero-order valence-electron chi connectivity index (χ0n) is 19.1. The van der Waals surface area contributed by atoms with E-state index >= 15 is 0 Å². The Bertz CT molecular complexity index is 925. The predicted octanol–water partition coefficient (Wildman–Crippen LogP) is 6.35. The van der Waals surface area contributed by atoms with Gasteiger partial charge in [-0.25, -0.2) is 4.98 Å². The van der Waals surface area contributed by atoms with Crippen LogP contribution in [0.15, 0.2) is 42.5 Å². The van der Waals surface area contributed by atoms with E-state index in [0.29, 0.717) is 17.6 Å². The summed E-state index contributed by atoms with van der Waals surface area (Å²) in [5.41, 5.74) is 3.36. The minimum Gasteiger partial charge on any atom is -0.508 e. The number of unbranched alkanes of at least 4 members (excludes halogenated alkanes) is 1. The summed E-state index contributed by atoms with van der Waals surface area (Å²) in [5.74, 6) is 2.04. The van der Waals surface area contributed by atoms with Gasteiger partial charge in [0.05, 0.1) is 6.33 Å². The van der Waals surface area contributed by atoms with Gasteiger partial charge in [0.15, 0.2) is 0 Å². The van der Waals surface area contributed by atoms with Crippen LogP contribution in [-0.4, -0.2) is 20.3 Å². The smallest absolute Gasteiger partial charge is 0.127 e. The molecule has 4 rings (SSSR count). The summed E-state index contributed by atoms with van der Waals surface area (Å²) in [5, 5.41) is 11.1. The summed E-state index contributed by atoms with van der Waals surface area (Å²) in [7, 11) is 0. The van der Waals surface area contributed by atoms with Crippen molar-refractivity contribution in [3.8, 4) is 11.5 Å². The molecular weight excluding hydrogens is 372 g/mol. The number of phenolic OH excluding ortho intramolecular Hbond substituents is 1. The van der Waals surface area contributed by atoms with Gasteiger partial charge < -0.3 is 14.4 Å². The van der Waals surface area contributed by atoms with Crippen LogP contribution >= 0.6 is 0 Å². The molecular formula is C26H36N2O2. The highest BCUT2D eigenvalue weighted by Gasteiger charge is 2.46. The van der Waals surface area contributed by atoms with E-state index in [2.05, 4.69) is 56.3 Å². The molecule has 2 heterocycles. The zero-order valence-corrected chi connectivity index (χ0v) is 19.1. The second-order valence-electron chi connectivity index (χ2n) is 10.5. The van der Waals surface area contributed by atoms with E-state index in [-0.39, 0.29) is 11.0 Å². The molecule has 0 saturated heterocycles. The molecule has 1 aromatic heterocycles. The number of fused-ring (bicyclic) bond motifs is 3. The lowest BCUT2D eigenvalue weighted by Crippen LogP contribution is -2.45. The molecule has 2 aliphatic rings. The highest BCUT2D eigenvalue weighted by Crippen LogP contribution is 2.54. The molecule has 1 N–H and O–H groups in total. The Morgan fingerprint density at radius 1 is 1.27 bits per heavy atom. The highest BCUT2D eigenvalue weighted by atomic mass is 16.5. The predicted molar refractivity (Wildman–Crippen MR) is 121 cm³/mol. The molecule has 4 heteroatoms. The normalized spacial score (nSPS) is 22.6. The lowest BCUT2D eigenvalue weighted by molar-refractivity contribution is 0.00741. The van der Waals surface area contributed by atoms with Gasteiger partial charge in [0.2, 0.25) is 0 Å². The molecule has 0 saturated carbocycles. The summed E-state index contributed by atoms with van der Waals surface area (Å²) < 4.78 is 8.65.